The summed E-state index contributed by atoms with van der Waals surface area (Å²) in [6.45, 7) is 2.01. The first-order chi connectivity index (χ1) is 19.9. The number of hydrogen-bond acceptors (Lipinski definition) is 7. The number of alkyl halides is 5. The molecule has 0 bridgehead atoms. The number of hydrogen-bond donors (Lipinski definition) is 2. The van der Waals surface area contributed by atoms with Gasteiger partial charge in [-0.15, -0.1) is 0 Å². The fourth-order valence-electron chi connectivity index (χ4n) is 5.31. The molecule has 42 heavy (non-hydrogen) atoms. The van der Waals surface area contributed by atoms with Gasteiger partial charge in [0.1, 0.15) is 0 Å². The van der Waals surface area contributed by atoms with E-state index in [0.717, 1.165) is 12.8 Å². The topological polar surface area (TPSA) is 124 Å². The molecule has 10 nitrogen and oxygen atoms in total. The first kappa shape index (κ1) is 29.7. The number of halogens is 5. The first-order valence-electron chi connectivity index (χ1n) is 13.9. The van der Waals surface area contributed by atoms with E-state index in [-0.39, 0.29) is 55.6 Å². The lowest BCUT2D eigenvalue weighted by Gasteiger charge is -2.33. The van der Waals surface area contributed by atoms with Gasteiger partial charge in [0.25, 0.3) is 5.91 Å². The second kappa shape index (κ2) is 11.8. The summed E-state index contributed by atoms with van der Waals surface area (Å²) in [6, 6.07) is 0.400. The molecule has 2 fully saturated rings. The molecule has 0 aromatic carbocycles. The molecule has 2 atom stereocenters. The van der Waals surface area contributed by atoms with E-state index >= 15 is 0 Å². The van der Waals surface area contributed by atoms with Crippen molar-refractivity contribution in [3.8, 4) is 5.75 Å². The van der Waals surface area contributed by atoms with Gasteiger partial charge >= 0.3 is 6.18 Å². The van der Waals surface area contributed by atoms with Crippen LogP contribution in [0, 0.1) is 11.8 Å². The van der Waals surface area contributed by atoms with Crippen LogP contribution in [0.4, 0.5) is 22.0 Å². The summed E-state index contributed by atoms with van der Waals surface area (Å²) in [5.41, 5.74) is 1.27. The van der Waals surface area contributed by atoms with E-state index in [2.05, 4.69) is 25.9 Å². The Labute approximate surface area is 237 Å². The average Bonchev–Trinajstić information content (AvgIpc) is 3.51. The van der Waals surface area contributed by atoms with Crippen LogP contribution in [0.25, 0.3) is 5.65 Å². The standard InChI is InChI=1S/C27H31F5N6O4/c1-2-41-19-14-42-37-24(19)25(40)36-23(16-5-8-26(28,29)9-6-16)18-13-38-20(34-18)11-17(12-33-38)22(15-3-4-15)35-21(39)7-10-27(30,31)32/h11-16,22-23H,2-10H2,1H3,(H,35,39)(H,36,40)/t22-,23?/m1/s1. The van der Waals surface area contributed by atoms with Gasteiger partial charge in [0.05, 0.1) is 43.2 Å². The zero-order valence-electron chi connectivity index (χ0n) is 22.8. The molecule has 228 valence electrons. The molecular formula is C27H31F5N6O4. The Bertz CT molecular complexity index is 1410. The minimum atomic E-state index is -4.43. The van der Waals surface area contributed by atoms with Crippen molar-refractivity contribution in [3.63, 3.8) is 0 Å². The molecule has 0 radical (unpaired) electrons. The Balaban J connectivity index is 1.39. The van der Waals surface area contributed by atoms with E-state index in [4.69, 9.17) is 9.26 Å². The minimum absolute atomic E-state index is 0.0662. The molecule has 2 N–H and O–H groups in total. The molecule has 5 rings (SSSR count). The highest BCUT2D eigenvalue weighted by Gasteiger charge is 2.40. The van der Waals surface area contributed by atoms with Gasteiger partial charge in [-0.3, -0.25) is 9.59 Å². The SMILES string of the molecule is CCOc1conc1C(=O)NC(c1cn2ncc([C@H](NC(=O)CCC(F)(F)F)C3CC3)cc2n1)C1CCC(F)(F)CC1. The molecule has 2 saturated carbocycles. The van der Waals surface area contributed by atoms with Gasteiger partial charge in [-0.25, -0.2) is 18.3 Å². The van der Waals surface area contributed by atoms with Gasteiger partial charge in [-0.2, -0.15) is 18.3 Å². The molecule has 2 aliphatic rings. The van der Waals surface area contributed by atoms with E-state index in [1.54, 1.807) is 19.2 Å². The summed E-state index contributed by atoms with van der Waals surface area (Å²) >= 11 is 0. The largest absolute Gasteiger partial charge is 0.488 e. The van der Waals surface area contributed by atoms with Crippen LogP contribution < -0.4 is 15.4 Å². The van der Waals surface area contributed by atoms with Crippen molar-refractivity contribution in [3.05, 3.63) is 41.7 Å². The maximum Gasteiger partial charge on any atom is 0.389 e. The van der Waals surface area contributed by atoms with Gasteiger partial charge in [-0.05, 0) is 56.1 Å². The molecule has 0 aliphatic heterocycles. The first-order valence-corrected chi connectivity index (χ1v) is 13.9. The normalized spacial score (nSPS) is 18.9. The lowest BCUT2D eigenvalue weighted by molar-refractivity contribution is -0.144. The third-order valence-electron chi connectivity index (χ3n) is 7.65. The van der Waals surface area contributed by atoms with Crippen molar-refractivity contribution in [2.45, 2.75) is 82.5 Å². The Morgan fingerprint density at radius 3 is 2.52 bits per heavy atom. The number of nitrogens with zero attached hydrogens (tertiary/aromatic N) is 4. The van der Waals surface area contributed by atoms with Crippen LogP contribution in [-0.2, 0) is 4.79 Å². The van der Waals surface area contributed by atoms with Crippen molar-refractivity contribution in [1.82, 2.24) is 30.4 Å². The van der Waals surface area contributed by atoms with Crippen molar-refractivity contribution in [2.24, 2.45) is 11.8 Å². The summed E-state index contributed by atoms with van der Waals surface area (Å²) in [7, 11) is 0. The quantitative estimate of drug-likeness (QED) is 0.286. The minimum Gasteiger partial charge on any atom is -0.488 e. The highest BCUT2D eigenvalue weighted by atomic mass is 19.4. The number of ether oxygens (including phenoxy) is 1. The number of nitrogens with one attached hydrogen (secondary N) is 2. The van der Waals surface area contributed by atoms with E-state index in [1.807, 2.05) is 0 Å². The van der Waals surface area contributed by atoms with Crippen molar-refractivity contribution in [1.29, 1.82) is 0 Å². The number of rotatable bonds is 11. The molecule has 3 aromatic rings. The smallest absolute Gasteiger partial charge is 0.389 e. The summed E-state index contributed by atoms with van der Waals surface area (Å²) in [5, 5.41) is 13.7. The van der Waals surface area contributed by atoms with E-state index < -0.39 is 48.8 Å². The molecule has 15 heteroatoms. The summed E-state index contributed by atoms with van der Waals surface area (Å²) < 4.78 is 77.5. The molecule has 1 unspecified atom stereocenters. The third-order valence-corrected chi connectivity index (χ3v) is 7.65. The number of carbonyl (C=O) groups excluding carboxylic acids is 2. The number of imidazole rings is 1. The molecule has 2 amide bonds. The molecule has 2 aliphatic carbocycles. The summed E-state index contributed by atoms with van der Waals surface area (Å²) in [4.78, 5) is 30.1. The second-order valence-electron chi connectivity index (χ2n) is 10.9. The molecule has 3 heterocycles. The Morgan fingerprint density at radius 2 is 1.86 bits per heavy atom. The van der Waals surface area contributed by atoms with Gasteiger partial charge < -0.3 is 19.9 Å². The maximum atomic E-state index is 14.0. The average molecular weight is 599 g/mol. The van der Waals surface area contributed by atoms with Crippen LogP contribution in [0.15, 0.2) is 29.2 Å². The molecule has 0 saturated heterocycles. The predicted octanol–water partition coefficient (Wildman–Crippen LogP) is 5.32. The number of amides is 2. The van der Waals surface area contributed by atoms with Crippen molar-refractivity contribution >= 4 is 17.5 Å². The second-order valence-corrected chi connectivity index (χ2v) is 10.9. The van der Waals surface area contributed by atoms with E-state index in [0.29, 0.717) is 16.9 Å². The fraction of sp³-hybridized carbons (Fsp3) is 0.593. The zero-order chi connectivity index (χ0) is 30.1. The van der Waals surface area contributed by atoms with E-state index in [9.17, 15) is 31.5 Å². The summed E-state index contributed by atoms with van der Waals surface area (Å²) in [6.07, 6.45) is -0.753. The van der Waals surface area contributed by atoms with Crippen LogP contribution >= 0.6 is 0 Å². The number of aromatic nitrogens is 4. The molecule has 0 spiro atoms. The monoisotopic (exact) mass is 598 g/mol. The third kappa shape index (κ3) is 7.16. The summed E-state index contributed by atoms with van der Waals surface area (Å²) in [5.74, 6) is -4.24. The van der Waals surface area contributed by atoms with Crippen LogP contribution in [0.5, 0.6) is 5.75 Å². The lowest BCUT2D eigenvalue weighted by Crippen LogP contribution is -2.37. The van der Waals surface area contributed by atoms with Crippen LogP contribution in [-0.4, -0.2) is 50.3 Å². The van der Waals surface area contributed by atoms with Crippen LogP contribution in [0.3, 0.4) is 0 Å². The Hall–Kier alpha value is -3.78. The number of carbonyl (C=O) groups is 2. The van der Waals surface area contributed by atoms with Crippen molar-refractivity contribution < 1.29 is 40.8 Å². The Kier molecular flexibility index (Phi) is 8.37. The van der Waals surface area contributed by atoms with Crippen LogP contribution in [0.2, 0.25) is 0 Å². The number of fused-ring (bicyclic) bond motifs is 1. The highest BCUT2D eigenvalue weighted by Crippen LogP contribution is 2.43. The van der Waals surface area contributed by atoms with Crippen LogP contribution in [0.1, 0.15) is 92.1 Å². The van der Waals surface area contributed by atoms with Gasteiger partial charge in [0, 0.05) is 19.3 Å². The predicted molar refractivity (Wildman–Crippen MR) is 137 cm³/mol. The maximum absolute atomic E-state index is 14.0. The Morgan fingerprint density at radius 1 is 1.14 bits per heavy atom. The van der Waals surface area contributed by atoms with E-state index in [1.165, 1.54) is 17.0 Å². The zero-order valence-corrected chi connectivity index (χ0v) is 22.8. The van der Waals surface area contributed by atoms with Gasteiger partial charge in [0.2, 0.25) is 17.5 Å². The molecule has 3 aromatic heterocycles. The van der Waals surface area contributed by atoms with Crippen molar-refractivity contribution in [2.75, 3.05) is 6.61 Å². The fourth-order valence-corrected chi connectivity index (χ4v) is 5.31. The van der Waals surface area contributed by atoms with Gasteiger partial charge in [0.15, 0.2) is 17.7 Å². The lowest BCUT2D eigenvalue weighted by atomic mass is 9.81. The highest BCUT2D eigenvalue weighted by molar-refractivity contribution is 5.95. The van der Waals surface area contributed by atoms with Gasteiger partial charge in [-0.1, -0.05) is 5.16 Å². The molecular weight excluding hydrogens is 567 g/mol.